The van der Waals surface area contributed by atoms with E-state index in [0.717, 1.165) is 31.4 Å². The first-order valence-electron chi connectivity index (χ1n) is 7.30. The zero-order valence-corrected chi connectivity index (χ0v) is 13.9. The molecule has 0 saturated heterocycles. The first-order valence-corrected chi connectivity index (χ1v) is 9.16. The second-order valence-electron chi connectivity index (χ2n) is 5.61. The van der Waals surface area contributed by atoms with Gasteiger partial charge in [0.15, 0.2) is 0 Å². The molecule has 22 heavy (non-hydrogen) atoms. The van der Waals surface area contributed by atoms with Gasteiger partial charge in [0.2, 0.25) is 0 Å². The molecular formula is C15H18ClN3O2S. The highest BCUT2D eigenvalue weighted by Gasteiger charge is 2.23. The minimum Gasteiger partial charge on any atom is -0.264 e. The fourth-order valence-electron chi connectivity index (χ4n) is 2.83. The lowest BCUT2D eigenvalue weighted by Crippen LogP contribution is -2.18. The Morgan fingerprint density at radius 1 is 1.23 bits per heavy atom. The van der Waals surface area contributed by atoms with Gasteiger partial charge >= 0.3 is 0 Å². The van der Waals surface area contributed by atoms with Crippen LogP contribution < -0.4 is 4.72 Å². The Morgan fingerprint density at radius 3 is 2.50 bits per heavy atom. The summed E-state index contributed by atoms with van der Waals surface area (Å²) >= 11 is 5.81. The van der Waals surface area contributed by atoms with Crippen LogP contribution in [0.3, 0.4) is 0 Å². The monoisotopic (exact) mass is 339 g/mol. The van der Waals surface area contributed by atoms with E-state index in [4.69, 9.17) is 11.6 Å². The van der Waals surface area contributed by atoms with E-state index < -0.39 is 10.0 Å². The van der Waals surface area contributed by atoms with Gasteiger partial charge in [0, 0.05) is 11.1 Å². The highest BCUT2D eigenvalue weighted by Crippen LogP contribution is 2.32. The van der Waals surface area contributed by atoms with E-state index in [2.05, 4.69) is 9.82 Å². The van der Waals surface area contributed by atoms with Crippen molar-refractivity contribution < 1.29 is 8.42 Å². The number of hydrogen-bond donors (Lipinski definition) is 1. The molecule has 1 aromatic heterocycles. The van der Waals surface area contributed by atoms with Gasteiger partial charge in [-0.2, -0.15) is 5.10 Å². The molecule has 1 fully saturated rings. The molecule has 5 nitrogen and oxygen atoms in total. The van der Waals surface area contributed by atoms with Crippen LogP contribution in [0.15, 0.2) is 35.2 Å². The maximum absolute atomic E-state index is 12.5. The highest BCUT2D eigenvalue weighted by atomic mass is 35.5. The third-order valence-electron chi connectivity index (χ3n) is 3.89. The summed E-state index contributed by atoms with van der Waals surface area (Å²) in [5.74, 6) is 0.527. The van der Waals surface area contributed by atoms with Crippen LogP contribution in [0.4, 0.5) is 5.82 Å². The molecular weight excluding hydrogens is 322 g/mol. The lowest BCUT2D eigenvalue weighted by atomic mass is 10.2. The van der Waals surface area contributed by atoms with Crippen molar-refractivity contribution >= 4 is 27.4 Å². The maximum Gasteiger partial charge on any atom is 0.263 e. The number of anilines is 1. The summed E-state index contributed by atoms with van der Waals surface area (Å²) in [7, 11) is -3.64. The smallest absolute Gasteiger partial charge is 0.263 e. The van der Waals surface area contributed by atoms with Gasteiger partial charge in [-0.1, -0.05) is 24.4 Å². The average Bonchev–Trinajstić information content (AvgIpc) is 3.08. The van der Waals surface area contributed by atoms with Crippen molar-refractivity contribution in [3.63, 3.8) is 0 Å². The second-order valence-corrected chi connectivity index (χ2v) is 7.73. The largest absolute Gasteiger partial charge is 0.264 e. The van der Waals surface area contributed by atoms with Gasteiger partial charge < -0.3 is 0 Å². The molecule has 2 aromatic rings. The van der Waals surface area contributed by atoms with Crippen LogP contribution in [0, 0.1) is 6.92 Å². The number of hydrogen-bond acceptors (Lipinski definition) is 3. The van der Waals surface area contributed by atoms with Crippen molar-refractivity contribution in [2.75, 3.05) is 4.72 Å². The van der Waals surface area contributed by atoms with Crippen LogP contribution in [-0.4, -0.2) is 18.2 Å². The summed E-state index contributed by atoms with van der Waals surface area (Å²) in [5, 5.41) is 4.96. The summed E-state index contributed by atoms with van der Waals surface area (Å²) in [5.41, 5.74) is 0.806. The molecule has 1 aliphatic carbocycles. The van der Waals surface area contributed by atoms with Crippen molar-refractivity contribution in [2.24, 2.45) is 0 Å². The molecule has 1 aromatic carbocycles. The number of aromatic nitrogens is 2. The van der Waals surface area contributed by atoms with Crippen molar-refractivity contribution in [2.45, 2.75) is 43.5 Å². The van der Waals surface area contributed by atoms with Crippen LogP contribution in [0.25, 0.3) is 0 Å². The Morgan fingerprint density at radius 2 is 1.86 bits per heavy atom. The molecule has 0 bridgehead atoms. The zero-order valence-electron chi connectivity index (χ0n) is 12.3. The number of rotatable bonds is 4. The zero-order chi connectivity index (χ0) is 15.7. The molecule has 1 aliphatic rings. The second kappa shape index (κ2) is 5.93. The van der Waals surface area contributed by atoms with E-state index in [1.54, 1.807) is 18.2 Å². The van der Waals surface area contributed by atoms with Gasteiger partial charge in [0.25, 0.3) is 10.0 Å². The first-order chi connectivity index (χ1) is 10.5. The lowest BCUT2D eigenvalue weighted by Gasteiger charge is -2.15. The predicted molar refractivity (Wildman–Crippen MR) is 86.7 cm³/mol. The van der Waals surface area contributed by atoms with Gasteiger partial charge in [-0.25, -0.2) is 13.1 Å². The topological polar surface area (TPSA) is 64.0 Å². The summed E-state index contributed by atoms with van der Waals surface area (Å²) in [6.45, 7) is 1.87. The maximum atomic E-state index is 12.5. The van der Waals surface area contributed by atoms with Crippen molar-refractivity contribution in [3.8, 4) is 0 Å². The SMILES string of the molecule is Cc1cc(NS(=O)(=O)c2ccc(Cl)cc2)n(C2CCCC2)n1. The molecule has 1 heterocycles. The Balaban J connectivity index is 1.90. The third-order valence-corrected chi connectivity index (χ3v) is 5.51. The van der Waals surface area contributed by atoms with Crippen LogP contribution in [-0.2, 0) is 10.0 Å². The van der Waals surface area contributed by atoms with E-state index >= 15 is 0 Å². The van der Waals surface area contributed by atoms with Crippen molar-refractivity contribution in [1.82, 2.24) is 9.78 Å². The fourth-order valence-corrected chi connectivity index (χ4v) is 4.00. The Kier molecular flexibility index (Phi) is 4.14. The fraction of sp³-hybridized carbons (Fsp3) is 0.400. The van der Waals surface area contributed by atoms with Crippen molar-refractivity contribution in [3.05, 3.63) is 41.0 Å². The van der Waals surface area contributed by atoms with E-state index in [1.807, 2.05) is 11.6 Å². The Hall–Kier alpha value is -1.53. The van der Waals surface area contributed by atoms with Gasteiger partial charge in [0.1, 0.15) is 5.82 Å². The Bertz CT molecular complexity index is 763. The number of sulfonamides is 1. The molecule has 7 heteroatoms. The first kappa shape index (κ1) is 15.4. The number of nitrogens with one attached hydrogen (secondary N) is 1. The number of halogens is 1. The summed E-state index contributed by atoms with van der Waals surface area (Å²) in [4.78, 5) is 0.189. The molecule has 118 valence electrons. The van der Waals surface area contributed by atoms with Gasteiger partial charge in [-0.05, 0) is 44.0 Å². The Labute approximate surface area is 135 Å². The van der Waals surface area contributed by atoms with Crippen molar-refractivity contribution in [1.29, 1.82) is 0 Å². The molecule has 0 amide bonds. The van der Waals surface area contributed by atoms with E-state index in [-0.39, 0.29) is 10.9 Å². The van der Waals surface area contributed by atoms with E-state index in [1.165, 1.54) is 12.1 Å². The molecule has 1 saturated carbocycles. The van der Waals surface area contributed by atoms with Crippen LogP contribution >= 0.6 is 11.6 Å². The number of aryl methyl sites for hydroxylation is 1. The van der Waals surface area contributed by atoms with Crippen LogP contribution in [0.5, 0.6) is 0 Å². The van der Waals surface area contributed by atoms with Gasteiger partial charge in [0.05, 0.1) is 16.6 Å². The molecule has 0 atom stereocenters. The normalized spacial score (nSPS) is 16.1. The van der Waals surface area contributed by atoms with Gasteiger partial charge in [-0.15, -0.1) is 0 Å². The molecule has 1 N–H and O–H groups in total. The minimum atomic E-state index is -3.64. The van der Waals surface area contributed by atoms with Crippen LogP contribution in [0.1, 0.15) is 37.4 Å². The molecule has 0 spiro atoms. The summed E-state index contributed by atoms with van der Waals surface area (Å²) in [6.07, 6.45) is 4.40. The quantitative estimate of drug-likeness (QED) is 0.922. The van der Waals surface area contributed by atoms with Crippen LogP contribution in [0.2, 0.25) is 5.02 Å². The molecule has 3 rings (SSSR count). The number of nitrogens with zero attached hydrogens (tertiary/aromatic N) is 2. The molecule has 0 unspecified atom stereocenters. The lowest BCUT2D eigenvalue weighted by molar-refractivity contribution is 0.471. The standard InChI is InChI=1S/C15H18ClN3O2S/c1-11-10-15(19(17-11)13-4-2-3-5-13)18-22(20,21)14-8-6-12(16)7-9-14/h6-10,13,18H,2-5H2,1H3. The predicted octanol–water partition coefficient (Wildman–Crippen LogP) is 3.76. The van der Waals surface area contributed by atoms with E-state index in [0.29, 0.717) is 10.8 Å². The molecule has 0 aliphatic heterocycles. The minimum absolute atomic E-state index is 0.189. The van der Waals surface area contributed by atoms with Gasteiger partial charge in [-0.3, -0.25) is 4.72 Å². The third kappa shape index (κ3) is 3.13. The number of benzene rings is 1. The average molecular weight is 340 g/mol. The summed E-state index contributed by atoms with van der Waals surface area (Å²) in [6, 6.07) is 8.16. The highest BCUT2D eigenvalue weighted by molar-refractivity contribution is 7.92. The summed E-state index contributed by atoms with van der Waals surface area (Å²) < 4.78 is 29.5. The van der Waals surface area contributed by atoms with E-state index in [9.17, 15) is 8.42 Å². The molecule has 0 radical (unpaired) electrons.